The minimum Gasteiger partial charge on any atom is -0.476 e. The van der Waals surface area contributed by atoms with E-state index in [9.17, 15) is 9.18 Å². The van der Waals surface area contributed by atoms with Crippen LogP contribution in [0.3, 0.4) is 0 Å². The van der Waals surface area contributed by atoms with Crippen LogP contribution in [0.2, 0.25) is 0 Å². The van der Waals surface area contributed by atoms with Gasteiger partial charge in [0.1, 0.15) is 0 Å². The molecule has 0 atom stereocenters. The number of benzene rings is 1. The largest absolute Gasteiger partial charge is 0.476 e. The number of hydrogen-bond acceptors (Lipinski definition) is 1. The predicted molar refractivity (Wildman–Crippen MR) is 57.2 cm³/mol. The number of carboxylic acids is 1. The predicted octanol–water partition coefficient (Wildman–Crippen LogP) is 3.03. The van der Waals surface area contributed by atoms with Crippen LogP contribution in [0.25, 0.3) is 5.57 Å². The van der Waals surface area contributed by atoms with Gasteiger partial charge in [0.2, 0.25) is 5.83 Å². The molecule has 1 aromatic rings. The maximum atomic E-state index is 13.1. The Kier molecular flexibility index (Phi) is 3.61. The average Bonchev–Trinajstić information content (AvgIpc) is 2.27. The van der Waals surface area contributed by atoms with Crippen molar-refractivity contribution in [2.75, 3.05) is 0 Å². The van der Waals surface area contributed by atoms with Crippen molar-refractivity contribution in [1.82, 2.24) is 0 Å². The van der Waals surface area contributed by atoms with Gasteiger partial charge in [-0.15, -0.1) is 0 Å². The van der Waals surface area contributed by atoms with Crippen molar-refractivity contribution in [3.63, 3.8) is 0 Å². The van der Waals surface area contributed by atoms with Crippen LogP contribution in [0.4, 0.5) is 4.39 Å². The molecule has 0 radical (unpaired) electrons. The Bertz CT molecular complexity index is 391. The van der Waals surface area contributed by atoms with Gasteiger partial charge in [-0.2, -0.15) is 4.39 Å². The summed E-state index contributed by atoms with van der Waals surface area (Å²) in [4.78, 5) is 10.4. The molecule has 1 N–H and O–H groups in total. The van der Waals surface area contributed by atoms with Crippen LogP contribution in [0.15, 0.2) is 30.1 Å². The maximum Gasteiger partial charge on any atom is 0.365 e. The van der Waals surface area contributed by atoms with E-state index in [-0.39, 0.29) is 5.57 Å². The first-order chi connectivity index (χ1) is 7.06. The van der Waals surface area contributed by atoms with E-state index in [1.807, 2.05) is 19.1 Å². The zero-order valence-electron chi connectivity index (χ0n) is 8.75. The minimum atomic E-state index is -1.52. The molecule has 0 aliphatic rings. The van der Waals surface area contributed by atoms with Gasteiger partial charge in [-0.05, 0) is 30.0 Å². The molecular formula is C12H13FO2. The van der Waals surface area contributed by atoms with Crippen molar-refractivity contribution in [3.8, 4) is 0 Å². The summed E-state index contributed by atoms with van der Waals surface area (Å²) in [7, 11) is 0. The van der Waals surface area contributed by atoms with Gasteiger partial charge < -0.3 is 5.11 Å². The SMILES string of the molecule is CCc1ccc(/C(C)=C(/F)C(=O)O)cc1. The van der Waals surface area contributed by atoms with Gasteiger partial charge in [-0.3, -0.25) is 0 Å². The van der Waals surface area contributed by atoms with Crippen molar-refractivity contribution in [2.45, 2.75) is 20.3 Å². The summed E-state index contributed by atoms with van der Waals surface area (Å²) in [6, 6.07) is 7.20. The second-order valence-electron chi connectivity index (χ2n) is 3.29. The Labute approximate surface area is 88.1 Å². The molecule has 0 saturated heterocycles. The highest BCUT2D eigenvalue weighted by Gasteiger charge is 2.11. The van der Waals surface area contributed by atoms with Gasteiger partial charge in [0, 0.05) is 0 Å². The number of aryl methyl sites for hydroxylation is 1. The lowest BCUT2D eigenvalue weighted by Crippen LogP contribution is -1.98. The van der Waals surface area contributed by atoms with Crippen molar-refractivity contribution in [1.29, 1.82) is 0 Å². The summed E-state index contributed by atoms with van der Waals surface area (Å²) in [5.41, 5.74) is 1.90. The molecule has 0 spiro atoms. The third-order valence-electron chi connectivity index (χ3n) is 2.31. The van der Waals surface area contributed by atoms with Crippen LogP contribution < -0.4 is 0 Å². The van der Waals surface area contributed by atoms with Gasteiger partial charge in [-0.25, -0.2) is 4.79 Å². The topological polar surface area (TPSA) is 37.3 Å². The highest BCUT2D eigenvalue weighted by Crippen LogP contribution is 2.19. The molecule has 0 amide bonds. The van der Waals surface area contributed by atoms with E-state index in [0.29, 0.717) is 5.56 Å². The molecule has 0 aliphatic heterocycles. The number of allylic oxidation sites excluding steroid dienone is 1. The van der Waals surface area contributed by atoms with Gasteiger partial charge in [0.15, 0.2) is 0 Å². The number of carbonyl (C=O) groups is 1. The van der Waals surface area contributed by atoms with Crippen molar-refractivity contribution in [2.24, 2.45) is 0 Å². The van der Waals surface area contributed by atoms with E-state index in [2.05, 4.69) is 0 Å². The minimum absolute atomic E-state index is 0.158. The molecule has 0 aliphatic carbocycles. The zero-order valence-corrected chi connectivity index (χ0v) is 8.75. The van der Waals surface area contributed by atoms with E-state index >= 15 is 0 Å². The van der Waals surface area contributed by atoms with Crippen LogP contribution in [-0.2, 0) is 11.2 Å². The first-order valence-electron chi connectivity index (χ1n) is 4.75. The highest BCUT2D eigenvalue weighted by molar-refractivity contribution is 5.93. The molecule has 1 rings (SSSR count). The lowest BCUT2D eigenvalue weighted by Gasteiger charge is -2.03. The zero-order chi connectivity index (χ0) is 11.4. The summed E-state index contributed by atoms with van der Waals surface area (Å²) in [5, 5.41) is 8.48. The van der Waals surface area contributed by atoms with Crippen molar-refractivity contribution in [3.05, 3.63) is 41.2 Å². The van der Waals surface area contributed by atoms with E-state index in [4.69, 9.17) is 5.11 Å². The maximum absolute atomic E-state index is 13.1. The van der Waals surface area contributed by atoms with Crippen molar-refractivity contribution >= 4 is 11.5 Å². The normalized spacial score (nSPS) is 12.2. The third-order valence-corrected chi connectivity index (χ3v) is 2.31. The first kappa shape index (κ1) is 11.4. The van der Waals surface area contributed by atoms with Crippen LogP contribution in [0.1, 0.15) is 25.0 Å². The fraction of sp³-hybridized carbons (Fsp3) is 0.250. The van der Waals surface area contributed by atoms with Gasteiger partial charge in [0.25, 0.3) is 0 Å². The Morgan fingerprint density at radius 3 is 2.27 bits per heavy atom. The molecule has 3 heteroatoms. The third kappa shape index (κ3) is 2.65. The Balaban J connectivity index is 3.07. The summed E-state index contributed by atoms with van der Waals surface area (Å²) < 4.78 is 13.1. The summed E-state index contributed by atoms with van der Waals surface area (Å²) >= 11 is 0. The lowest BCUT2D eigenvalue weighted by molar-refractivity contribution is -0.134. The number of aliphatic carboxylic acids is 1. The molecule has 0 heterocycles. The monoisotopic (exact) mass is 208 g/mol. The average molecular weight is 208 g/mol. The number of hydrogen-bond donors (Lipinski definition) is 1. The Morgan fingerprint density at radius 1 is 1.33 bits per heavy atom. The smallest absolute Gasteiger partial charge is 0.365 e. The van der Waals surface area contributed by atoms with Crippen LogP contribution >= 0.6 is 0 Å². The van der Waals surface area contributed by atoms with E-state index in [0.717, 1.165) is 12.0 Å². The number of carboxylic acid groups (broad SMARTS) is 1. The van der Waals surface area contributed by atoms with Crippen molar-refractivity contribution < 1.29 is 14.3 Å². The fourth-order valence-electron chi connectivity index (χ4n) is 1.28. The molecule has 0 aromatic heterocycles. The van der Waals surface area contributed by atoms with Crippen LogP contribution in [0, 0.1) is 0 Å². The molecular weight excluding hydrogens is 195 g/mol. The second kappa shape index (κ2) is 4.73. The summed E-state index contributed by atoms with van der Waals surface area (Å²) in [6.07, 6.45) is 0.907. The fourth-order valence-corrected chi connectivity index (χ4v) is 1.28. The molecule has 80 valence electrons. The molecule has 0 unspecified atom stereocenters. The molecule has 0 fully saturated rings. The molecule has 2 nitrogen and oxygen atoms in total. The Morgan fingerprint density at radius 2 is 1.87 bits per heavy atom. The lowest BCUT2D eigenvalue weighted by atomic mass is 10.0. The van der Waals surface area contributed by atoms with E-state index in [1.165, 1.54) is 6.92 Å². The van der Waals surface area contributed by atoms with E-state index < -0.39 is 11.8 Å². The molecule has 0 saturated carbocycles. The Hall–Kier alpha value is -1.64. The van der Waals surface area contributed by atoms with Gasteiger partial charge in [0.05, 0.1) is 0 Å². The van der Waals surface area contributed by atoms with E-state index in [1.54, 1.807) is 12.1 Å². The first-order valence-corrected chi connectivity index (χ1v) is 4.75. The number of halogens is 1. The molecule has 15 heavy (non-hydrogen) atoms. The standard InChI is InChI=1S/C12H13FO2/c1-3-9-4-6-10(7-5-9)8(2)11(13)12(14)15/h4-7H,3H2,1-2H3,(H,14,15)/b11-8+. The number of rotatable bonds is 3. The quantitative estimate of drug-likeness (QED) is 0.775. The van der Waals surface area contributed by atoms with Gasteiger partial charge in [-0.1, -0.05) is 31.2 Å². The van der Waals surface area contributed by atoms with Crippen LogP contribution in [-0.4, -0.2) is 11.1 Å². The summed E-state index contributed by atoms with van der Waals surface area (Å²) in [6.45, 7) is 3.49. The van der Waals surface area contributed by atoms with Gasteiger partial charge >= 0.3 is 5.97 Å². The molecule has 0 bridgehead atoms. The highest BCUT2D eigenvalue weighted by atomic mass is 19.1. The summed E-state index contributed by atoms with van der Waals surface area (Å²) in [5.74, 6) is -2.62. The van der Waals surface area contributed by atoms with Crippen LogP contribution in [0.5, 0.6) is 0 Å². The second-order valence-corrected chi connectivity index (χ2v) is 3.29. The molecule has 1 aromatic carbocycles.